The normalized spacial score (nSPS) is 18.9. The van der Waals surface area contributed by atoms with E-state index in [1.807, 2.05) is 16.8 Å². The molecule has 12 nitrogen and oxygen atoms in total. The molecule has 0 radical (unpaired) electrons. The van der Waals surface area contributed by atoms with E-state index in [4.69, 9.17) is 29.0 Å². The summed E-state index contributed by atoms with van der Waals surface area (Å²) >= 11 is 0. The van der Waals surface area contributed by atoms with E-state index in [1.165, 1.54) is 96.3 Å². The van der Waals surface area contributed by atoms with Crippen LogP contribution in [0.4, 0.5) is 0 Å². The number of fused-ring (bicyclic) bond motifs is 1. The fourth-order valence-electron chi connectivity index (χ4n) is 6.74. The molecule has 0 bridgehead atoms. The fraction of sp³-hybridized carbons (Fsp3) is 0.711. The molecule has 0 amide bonds. The van der Waals surface area contributed by atoms with Gasteiger partial charge in [0.15, 0.2) is 5.60 Å². The van der Waals surface area contributed by atoms with Crippen LogP contribution in [0, 0.1) is 22.7 Å². The van der Waals surface area contributed by atoms with Gasteiger partial charge < -0.3 is 39.3 Å². The minimum absolute atomic E-state index is 0.00822. The topological polar surface area (TPSA) is 169 Å². The van der Waals surface area contributed by atoms with Crippen molar-refractivity contribution in [1.82, 2.24) is 4.68 Å². The monoisotopic (exact) mass is 827 g/mol. The zero-order valence-corrected chi connectivity index (χ0v) is 37.1. The Morgan fingerprint density at radius 2 is 1.64 bits per heavy atom. The first-order chi connectivity index (χ1) is 28.3. The van der Waals surface area contributed by atoms with Gasteiger partial charge in [0.1, 0.15) is 36.5 Å². The lowest BCUT2D eigenvalue weighted by molar-refractivity contribution is -0.0454. The minimum atomic E-state index is -2.33. The van der Waals surface area contributed by atoms with Crippen LogP contribution in [0.15, 0.2) is 53.1 Å². The van der Waals surface area contributed by atoms with Crippen molar-refractivity contribution < 1.29 is 28.2 Å². The molecular weight excluding hydrogens is 752 g/mol. The summed E-state index contributed by atoms with van der Waals surface area (Å²) < 4.78 is 31.5. The lowest BCUT2D eigenvalue weighted by atomic mass is 10.0. The van der Waals surface area contributed by atoms with Crippen LogP contribution in [0.25, 0.3) is 0 Å². The molecule has 0 saturated carbocycles. The molecule has 326 valence electrons. The average molecular weight is 827 g/mol. The third-order valence-electron chi connectivity index (χ3n) is 10.1. The maximum Gasteiger partial charge on any atom is 0.330 e. The summed E-state index contributed by atoms with van der Waals surface area (Å²) in [5, 5.41) is 19.4. The second kappa shape index (κ2) is 31.8. The van der Waals surface area contributed by atoms with E-state index in [1.54, 1.807) is 25.2 Å². The first-order valence-electron chi connectivity index (χ1n) is 22.0. The quantitative estimate of drug-likeness (QED) is 0.0283. The van der Waals surface area contributed by atoms with Crippen LogP contribution in [0.3, 0.4) is 0 Å². The summed E-state index contributed by atoms with van der Waals surface area (Å²) in [6.45, 7) is 13.4. The molecule has 1 saturated heterocycles. The molecule has 0 aliphatic carbocycles. The van der Waals surface area contributed by atoms with E-state index in [9.17, 15) is 15.4 Å². The smallest absolute Gasteiger partial charge is 0.330 e. The number of nitrogens with one attached hydrogen (secondary N) is 1. The van der Waals surface area contributed by atoms with Crippen LogP contribution in [-0.4, -0.2) is 66.8 Å². The number of hydrogen-bond donors (Lipinski definition) is 3. The van der Waals surface area contributed by atoms with Crippen molar-refractivity contribution in [2.45, 2.75) is 167 Å². The Morgan fingerprint density at radius 1 is 1.02 bits per heavy atom. The van der Waals surface area contributed by atoms with Gasteiger partial charge in [-0.25, -0.2) is 4.99 Å². The van der Waals surface area contributed by atoms with Crippen LogP contribution in [-0.2, 0) is 23.3 Å². The van der Waals surface area contributed by atoms with E-state index >= 15 is 0 Å². The van der Waals surface area contributed by atoms with Gasteiger partial charge in [-0.05, 0) is 50.0 Å². The van der Waals surface area contributed by atoms with Crippen molar-refractivity contribution in [2.75, 3.05) is 45.1 Å². The van der Waals surface area contributed by atoms with Gasteiger partial charge >= 0.3 is 8.60 Å². The molecule has 1 aromatic rings. The fourth-order valence-corrected chi connectivity index (χ4v) is 7.43. The Balaban J connectivity index is 0.00000374. The van der Waals surface area contributed by atoms with Crippen molar-refractivity contribution >= 4 is 14.4 Å². The highest BCUT2D eigenvalue weighted by molar-refractivity contribution is 7.40. The Kier molecular flexibility index (Phi) is 28.0. The van der Waals surface area contributed by atoms with Gasteiger partial charge in [-0.2, -0.15) is 10.5 Å². The second-order valence-corrected chi connectivity index (χ2v) is 16.2. The van der Waals surface area contributed by atoms with E-state index in [0.717, 1.165) is 29.8 Å². The number of ether oxygens (including phenoxy) is 3. The van der Waals surface area contributed by atoms with Crippen LogP contribution in [0.1, 0.15) is 167 Å². The van der Waals surface area contributed by atoms with Crippen molar-refractivity contribution in [3.05, 3.63) is 59.5 Å². The Labute approximate surface area is 351 Å². The highest BCUT2D eigenvalue weighted by Crippen LogP contribution is 2.43. The van der Waals surface area contributed by atoms with E-state index < -0.39 is 20.3 Å². The molecule has 4 atom stereocenters. The summed E-state index contributed by atoms with van der Waals surface area (Å²) in [4.78, 5) is 14.9. The third kappa shape index (κ3) is 20.3. The van der Waals surface area contributed by atoms with Crippen molar-refractivity contribution in [3.63, 3.8) is 0 Å². The number of amidine groups is 1. The number of nitriles is 2. The molecule has 4 unspecified atom stereocenters. The lowest BCUT2D eigenvalue weighted by Gasteiger charge is -2.25. The maximum absolute atomic E-state index is 10.7. The first kappa shape index (κ1) is 51.1. The zero-order chi connectivity index (χ0) is 42.3. The van der Waals surface area contributed by atoms with Gasteiger partial charge in [0.05, 0.1) is 38.2 Å². The van der Waals surface area contributed by atoms with E-state index in [0.29, 0.717) is 37.5 Å². The van der Waals surface area contributed by atoms with Gasteiger partial charge in [0, 0.05) is 12.2 Å². The Hall–Kier alpha value is -3.06. The minimum Gasteiger partial charge on any atom is -0.382 e. The van der Waals surface area contributed by atoms with Crippen molar-refractivity contribution in [3.8, 4) is 12.1 Å². The van der Waals surface area contributed by atoms with Crippen LogP contribution < -0.4 is 11.2 Å². The van der Waals surface area contributed by atoms with Gasteiger partial charge in [-0.15, -0.1) is 0 Å². The number of nitrogens with zero attached hydrogens (tertiary/aromatic N) is 4. The summed E-state index contributed by atoms with van der Waals surface area (Å²) in [6, 6.07) is 8.17. The summed E-state index contributed by atoms with van der Waals surface area (Å²) in [5.41, 5.74) is 10.8. The number of rotatable bonds is 31. The summed E-state index contributed by atoms with van der Waals surface area (Å²) in [5.74, 6) is 0.440. The summed E-state index contributed by atoms with van der Waals surface area (Å²) in [6.07, 6.45) is 27.5. The van der Waals surface area contributed by atoms with E-state index in [2.05, 4.69) is 49.9 Å². The SMILES string of the molecule is C=C/C(=C\C(C#N)=C/C)COC(COCCCCCCCCCCCCCCCCCC)COP(O)OCC1(C#N)CCC(c2ccc3n2NCN=C3N)O1.CCC. The molecule has 2 aliphatic heterocycles. The van der Waals surface area contributed by atoms with Crippen LogP contribution >= 0.6 is 8.60 Å². The molecule has 13 heteroatoms. The number of aromatic nitrogens is 1. The van der Waals surface area contributed by atoms with Crippen LogP contribution in [0.2, 0.25) is 0 Å². The second-order valence-electron chi connectivity index (χ2n) is 15.2. The molecule has 0 aromatic carbocycles. The van der Waals surface area contributed by atoms with E-state index in [-0.39, 0.29) is 32.5 Å². The molecular formula is C45H75N6O6P. The molecule has 1 aromatic heterocycles. The van der Waals surface area contributed by atoms with Gasteiger partial charge in [-0.1, -0.05) is 142 Å². The predicted octanol–water partition coefficient (Wildman–Crippen LogP) is 10.7. The Bertz CT molecular complexity index is 1450. The number of nitrogens with two attached hydrogens (primary N) is 1. The zero-order valence-electron chi connectivity index (χ0n) is 36.2. The lowest BCUT2D eigenvalue weighted by Crippen LogP contribution is -2.34. The molecule has 1 fully saturated rings. The molecule has 3 rings (SSSR count). The standard InChI is InChI=1S/C42H67N6O6P.C3H8/c1-4-7-8-9-10-11-12-13-14-15-16-17-18-19-20-21-26-50-30-37(51-29-36(6-3)27-35(5-2)28-43)31-52-55(49)53-33-42(32-44)25-24-40(54-42)38-22-23-39-41(45)46-34-47-48(38)39;1-3-2/h5-6,22-23,27,37,40,47,49H,3-4,7-21,24-26,29-31,33-34H2,1-2H3,(H2,45,46);3H2,1-2H3/b35-5+,36-27+;. The molecule has 0 spiro atoms. The highest BCUT2D eigenvalue weighted by Gasteiger charge is 2.43. The van der Waals surface area contributed by atoms with Gasteiger partial charge in [-0.3, -0.25) is 4.68 Å². The van der Waals surface area contributed by atoms with Crippen molar-refractivity contribution in [2.24, 2.45) is 10.7 Å². The maximum atomic E-state index is 10.7. The predicted molar refractivity (Wildman–Crippen MR) is 236 cm³/mol. The van der Waals surface area contributed by atoms with Crippen LogP contribution in [0.5, 0.6) is 0 Å². The van der Waals surface area contributed by atoms with Gasteiger partial charge in [0.2, 0.25) is 0 Å². The molecule has 58 heavy (non-hydrogen) atoms. The number of hydrogen-bond acceptors (Lipinski definition) is 11. The summed E-state index contributed by atoms with van der Waals surface area (Å²) in [7, 11) is -2.33. The first-order valence-corrected chi connectivity index (χ1v) is 23.1. The molecule has 3 heterocycles. The number of allylic oxidation sites excluding steroid dienone is 3. The third-order valence-corrected chi connectivity index (χ3v) is 10.8. The van der Waals surface area contributed by atoms with Gasteiger partial charge in [0.25, 0.3) is 0 Å². The molecule has 4 N–H and O–H groups in total. The molecule has 2 aliphatic rings. The number of aliphatic imine (C=N–C) groups is 1. The largest absolute Gasteiger partial charge is 0.382 e. The number of unbranched alkanes of at least 4 members (excludes halogenated alkanes) is 15. The average Bonchev–Trinajstić information content (AvgIpc) is 3.87. The van der Waals surface area contributed by atoms with Crippen molar-refractivity contribution in [1.29, 1.82) is 10.5 Å². The highest BCUT2D eigenvalue weighted by atomic mass is 31.2. The Morgan fingerprint density at radius 3 is 2.21 bits per heavy atom.